The van der Waals surface area contributed by atoms with E-state index in [9.17, 15) is 0 Å². The van der Waals surface area contributed by atoms with Crippen molar-refractivity contribution in [2.45, 2.75) is 4.90 Å². The van der Waals surface area contributed by atoms with Gasteiger partial charge in [-0.25, -0.2) is 0 Å². The van der Waals surface area contributed by atoms with Crippen LogP contribution in [0.5, 0.6) is 0 Å². The molecular weight excluding hydrogens is 657 g/mol. The molecule has 6 atom stereocenters. The molecule has 0 heterocycles. The summed E-state index contributed by atoms with van der Waals surface area (Å²) < 4.78 is 0. The number of hydrogen-bond acceptors (Lipinski definition) is 1. The monoisotopic (exact) mass is 696 g/mol. The number of rotatable bonds is 6. The average Bonchev–Trinajstić information content (AvgIpc) is 3.23. The van der Waals surface area contributed by atoms with Crippen LogP contribution in [0.3, 0.4) is 0 Å². The lowest BCUT2D eigenvalue weighted by Gasteiger charge is -2.45. The van der Waals surface area contributed by atoms with E-state index < -0.39 is 0 Å². The third-order valence-electron chi connectivity index (χ3n) is 11.8. The van der Waals surface area contributed by atoms with Crippen LogP contribution in [0, 0.1) is 35.5 Å². The van der Waals surface area contributed by atoms with Gasteiger partial charge in [-0.3, -0.25) is 0 Å². The summed E-state index contributed by atoms with van der Waals surface area (Å²) >= 11 is 1.88. The van der Waals surface area contributed by atoms with Crippen molar-refractivity contribution in [3.05, 3.63) is 233 Å². The second-order valence-corrected chi connectivity index (χ2v) is 15.8. The second kappa shape index (κ2) is 13.7. The number of fused-ring (bicyclic) bond motifs is 5. The van der Waals surface area contributed by atoms with Gasteiger partial charge >= 0.3 is 0 Å². The molecule has 0 amide bonds. The quantitative estimate of drug-likeness (QED) is 0.170. The summed E-state index contributed by atoms with van der Waals surface area (Å²) in [5, 5.41) is 2.76. The fraction of sp³-hybridized carbons (Fsp3) is 0.115. The van der Waals surface area contributed by atoms with Crippen molar-refractivity contribution in [2.24, 2.45) is 35.5 Å². The van der Waals surface area contributed by atoms with Crippen LogP contribution in [-0.4, -0.2) is 0 Å². The molecule has 10 rings (SSSR count). The second-order valence-electron chi connectivity index (χ2n) is 14.7. The minimum Gasteiger partial charge on any atom is -0.0904 e. The molecule has 0 fully saturated rings. The average molecular weight is 697 g/mol. The standard InChI is InChI=1S/C52H40S/c1-3-15-35(16-4-1)36-27-29-37(30-28-36)41-20-9-12-24-45(41)51-46-25-13-14-26-47(46)52(50-34-40(31-32-48(50)51)53-39-18-5-2-6-19-39)49-33-38-17-7-8-21-42(38)43-22-10-11-23-44(43)49/h1-34,42-44,48-50H. The Morgan fingerprint density at radius 3 is 1.81 bits per heavy atom. The van der Waals surface area contributed by atoms with Crippen molar-refractivity contribution in [1.29, 1.82) is 0 Å². The van der Waals surface area contributed by atoms with E-state index >= 15 is 0 Å². The maximum Gasteiger partial charge on any atom is 0.0135 e. The van der Waals surface area contributed by atoms with Gasteiger partial charge in [-0.1, -0.05) is 206 Å². The molecule has 0 radical (unpaired) electrons. The highest BCUT2D eigenvalue weighted by atomic mass is 32.2. The molecule has 53 heavy (non-hydrogen) atoms. The molecule has 0 spiro atoms. The maximum atomic E-state index is 2.63. The summed E-state index contributed by atoms with van der Waals surface area (Å²) in [5.74, 6) is 1.96. The Balaban J connectivity index is 1.19. The first-order valence-electron chi connectivity index (χ1n) is 18.9. The van der Waals surface area contributed by atoms with Crippen LogP contribution in [0.4, 0.5) is 0 Å². The van der Waals surface area contributed by atoms with Crippen LogP contribution in [0.1, 0.15) is 5.56 Å². The molecule has 0 saturated carbocycles. The van der Waals surface area contributed by atoms with E-state index in [1.165, 1.54) is 59.2 Å². The van der Waals surface area contributed by atoms with Crippen molar-refractivity contribution >= 4 is 22.9 Å². The van der Waals surface area contributed by atoms with E-state index in [2.05, 4.69) is 206 Å². The van der Waals surface area contributed by atoms with Crippen molar-refractivity contribution in [3.63, 3.8) is 0 Å². The highest BCUT2D eigenvalue weighted by molar-refractivity contribution is 8.03. The van der Waals surface area contributed by atoms with Crippen molar-refractivity contribution in [2.75, 3.05) is 0 Å². The number of hydrogen-bond donors (Lipinski definition) is 0. The molecule has 0 aliphatic heterocycles. The van der Waals surface area contributed by atoms with Crippen LogP contribution in [-0.2, 0) is 0 Å². The van der Waals surface area contributed by atoms with Gasteiger partial charge in [-0.2, -0.15) is 0 Å². The zero-order valence-corrected chi connectivity index (χ0v) is 30.3. The molecule has 5 aromatic rings. The normalized spacial score (nSPS) is 24.8. The van der Waals surface area contributed by atoms with Gasteiger partial charge in [0.2, 0.25) is 0 Å². The largest absolute Gasteiger partial charge is 0.0904 e. The molecule has 0 saturated heterocycles. The Morgan fingerprint density at radius 2 is 1.02 bits per heavy atom. The summed E-state index contributed by atoms with van der Waals surface area (Å²) in [6.45, 7) is 0. The Hall–Kier alpha value is -5.63. The highest BCUT2D eigenvalue weighted by Crippen LogP contribution is 2.52. The fourth-order valence-corrected chi connectivity index (χ4v) is 10.4. The SMILES string of the molecule is C1=CC2=CC(C3=c4ccccc4=C(c4ccccc4-c4ccc(-c5ccccc5)cc4)C4C=CC(Sc5ccccc5)=CC34)C3C=CC=CC3C2C=C1. The Kier molecular flexibility index (Phi) is 8.31. The Labute approximate surface area is 317 Å². The molecule has 6 unspecified atom stereocenters. The van der Waals surface area contributed by atoms with Crippen molar-refractivity contribution in [3.8, 4) is 22.3 Å². The van der Waals surface area contributed by atoms with Gasteiger partial charge in [0.25, 0.3) is 0 Å². The van der Waals surface area contributed by atoms with Gasteiger partial charge in [-0.15, -0.1) is 0 Å². The van der Waals surface area contributed by atoms with Crippen molar-refractivity contribution < 1.29 is 0 Å². The van der Waals surface area contributed by atoms with Crippen LogP contribution in [0.25, 0.3) is 33.4 Å². The van der Waals surface area contributed by atoms with Crippen molar-refractivity contribution in [1.82, 2.24) is 0 Å². The topological polar surface area (TPSA) is 0 Å². The van der Waals surface area contributed by atoms with Gasteiger partial charge in [0.15, 0.2) is 0 Å². The van der Waals surface area contributed by atoms with E-state index in [0.29, 0.717) is 17.8 Å². The van der Waals surface area contributed by atoms with Gasteiger partial charge in [-0.05, 0) is 78.9 Å². The molecule has 254 valence electrons. The lowest BCUT2D eigenvalue weighted by Crippen LogP contribution is -2.45. The summed E-state index contributed by atoms with van der Waals surface area (Å²) in [5.41, 5.74) is 10.8. The summed E-state index contributed by atoms with van der Waals surface area (Å²) in [6.07, 6.45) is 28.9. The highest BCUT2D eigenvalue weighted by Gasteiger charge is 2.43. The third-order valence-corrected chi connectivity index (χ3v) is 12.8. The molecule has 5 aliphatic carbocycles. The van der Waals surface area contributed by atoms with Gasteiger partial charge < -0.3 is 0 Å². The lowest BCUT2D eigenvalue weighted by atomic mass is 9.59. The van der Waals surface area contributed by atoms with Gasteiger partial charge in [0.1, 0.15) is 0 Å². The van der Waals surface area contributed by atoms with E-state index in [1.54, 1.807) is 5.57 Å². The molecule has 0 nitrogen and oxygen atoms in total. The molecule has 0 N–H and O–H groups in total. The van der Waals surface area contributed by atoms with E-state index in [1.807, 2.05) is 11.8 Å². The van der Waals surface area contributed by atoms with Crippen LogP contribution in [0.15, 0.2) is 222 Å². The molecule has 5 aromatic carbocycles. The Bertz CT molecular complexity index is 2540. The van der Waals surface area contributed by atoms with E-state index in [-0.39, 0.29) is 17.8 Å². The minimum absolute atomic E-state index is 0.198. The van der Waals surface area contributed by atoms with Gasteiger partial charge in [0, 0.05) is 33.5 Å². The van der Waals surface area contributed by atoms with E-state index in [0.717, 1.165) is 0 Å². The first-order chi connectivity index (χ1) is 26.3. The molecule has 0 bridgehead atoms. The lowest BCUT2D eigenvalue weighted by molar-refractivity contribution is 0.335. The van der Waals surface area contributed by atoms with Crippen LogP contribution in [0.2, 0.25) is 0 Å². The summed E-state index contributed by atoms with van der Waals surface area (Å²) in [6, 6.07) is 49.0. The summed E-state index contributed by atoms with van der Waals surface area (Å²) in [4.78, 5) is 2.59. The van der Waals surface area contributed by atoms with Crippen LogP contribution < -0.4 is 10.4 Å². The van der Waals surface area contributed by atoms with Crippen LogP contribution >= 0.6 is 11.8 Å². The van der Waals surface area contributed by atoms with E-state index in [4.69, 9.17) is 0 Å². The Morgan fingerprint density at radius 1 is 0.396 bits per heavy atom. The smallest absolute Gasteiger partial charge is 0.0135 e. The van der Waals surface area contributed by atoms with Gasteiger partial charge in [0.05, 0.1) is 0 Å². The zero-order valence-electron chi connectivity index (χ0n) is 29.5. The minimum atomic E-state index is 0.198. The maximum absolute atomic E-state index is 2.63. The molecular formula is C52H40S. The molecule has 5 aliphatic rings. The fourth-order valence-electron chi connectivity index (χ4n) is 9.47. The predicted molar refractivity (Wildman–Crippen MR) is 224 cm³/mol. The first kappa shape index (κ1) is 32.1. The first-order valence-corrected chi connectivity index (χ1v) is 19.7. The molecule has 0 aromatic heterocycles. The number of benzene rings is 5. The summed E-state index contributed by atoms with van der Waals surface area (Å²) in [7, 11) is 0. The molecule has 1 heteroatoms. The third kappa shape index (κ3) is 5.81. The zero-order chi connectivity index (χ0) is 35.1. The number of thioether (sulfide) groups is 1. The predicted octanol–water partition coefficient (Wildman–Crippen LogP) is 11.5. The number of allylic oxidation sites excluding steroid dienone is 13.